The van der Waals surface area contributed by atoms with Crippen molar-refractivity contribution in [2.24, 2.45) is 0 Å². The van der Waals surface area contributed by atoms with Crippen LogP contribution < -0.4 is 29.6 Å². The van der Waals surface area contributed by atoms with E-state index >= 15 is 0 Å². The van der Waals surface area contributed by atoms with Gasteiger partial charge in [0, 0.05) is 0 Å². The quantitative estimate of drug-likeness (QED) is 0.527. The summed E-state index contributed by atoms with van der Waals surface area (Å²) in [7, 11) is -1.24. The van der Waals surface area contributed by atoms with E-state index in [-0.39, 0.29) is 29.6 Å². The van der Waals surface area contributed by atoms with Crippen molar-refractivity contribution >= 4 is 20.4 Å². The predicted octanol–water partition coefficient (Wildman–Crippen LogP) is -0.418. The van der Waals surface area contributed by atoms with Gasteiger partial charge in [-0.25, -0.2) is 0 Å². The van der Waals surface area contributed by atoms with Crippen molar-refractivity contribution in [1.82, 2.24) is 0 Å². The Hall–Kier alpha value is 1.66. The largest absolute Gasteiger partial charge is 1.00 e. The van der Waals surface area contributed by atoms with Gasteiger partial charge in [0.1, 0.15) is 0 Å². The summed E-state index contributed by atoms with van der Waals surface area (Å²) in [6, 6.07) is 0. The molecule has 0 spiro atoms. The zero-order valence-electron chi connectivity index (χ0n) is 8.26. The van der Waals surface area contributed by atoms with Crippen LogP contribution in [0.25, 0.3) is 4.13 Å². The van der Waals surface area contributed by atoms with E-state index in [1.165, 1.54) is 0 Å². The smallest absolute Gasteiger partial charge is 0.578 e. The number of hydrogen-bond donors (Lipinski definition) is 0. The monoisotopic (exact) mass is 191 g/mol. The van der Waals surface area contributed by atoms with Gasteiger partial charge in [-0.05, 0) is 0 Å². The minimum absolute atomic E-state index is 0. The van der Waals surface area contributed by atoms with Gasteiger partial charge in [-0.1, -0.05) is 37.5 Å². The van der Waals surface area contributed by atoms with Gasteiger partial charge in [-0.15, -0.1) is 0 Å². The van der Waals surface area contributed by atoms with Crippen LogP contribution in [0.2, 0.25) is 0 Å². The molecule has 0 unspecified atom stereocenters. The normalized spacial score (nSPS) is 15.8. The van der Waals surface area contributed by atoms with Crippen molar-refractivity contribution in [3.05, 3.63) is 4.13 Å². The molecule has 1 nitrogen and oxygen atoms in total. The van der Waals surface area contributed by atoms with Crippen LogP contribution in [0.4, 0.5) is 0 Å². The fraction of sp³-hybridized carbons (Fsp3) is 1.00. The second-order valence-electron chi connectivity index (χ2n) is 3.62. The molecule has 0 rings (SSSR count). The molecule has 0 amide bonds. The Morgan fingerprint density at radius 3 is 0.900 bits per heavy atom. The third-order valence-corrected chi connectivity index (χ3v) is 4.02. The Labute approximate surface area is 90.9 Å². The van der Waals surface area contributed by atoms with Gasteiger partial charge >= 0.3 is 29.6 Å². The molecule has 0 heterocycles. The average molecular weight is 191 g/mol. The summed E-state index contributed by atoms with van der Waals surface area (Å²) >= 11 is 0. The molecule has 0 aromatic carbocycles. The molecular weight excluding hydrogens is 173 g/mol. The van der Waals surface area contributed by atoms with Gasteiger partial charge in [0.25, 0.3) is 0 Å². The summed E-state index contributed by atoms with van der Waals surface area (Å²) in [5.41, 5.74) is 0. The topological polar surface area (TPSA) is 14.1 Å². The first-order valence-electron chi connectivity index (χ1n) is 2.81. The van der Waals surface area contributed by atoms with Gasteiger partial charge < -0.3 is 24.6 Å². The van der Waals surface area contributed by atoms with Gasteiger partial charge in [0.2, 0.25) is 0 Å². The molecule has 0 fully saturated rings. The zero-order valence-corrected chi connectivity index (χ0v) is 11.9. The summed E-state index contributed by atoms with van der Waals surface area (Å²) in [5.74, 6) is 0. The molecule has 60 valence electrons. The van der Waals surface area contributed by atoms with E-state index in [0.717, 1.165) is 0 Å². The molecule has 0 aliphatic rings. The Kier molecular flexibility index (Phi) is 6.57. The summed E-state index contributed by atoms with van der Waals surface area (Å²) in [5, 5.41) is 0. The van der Waals surface area contributed by atoms with E-state index in [0.29, 0.717) is 0 Å². The van der Waals surface area contributed by atoms with Crippen LogP contribution in [0.3, 0.4) is 0 Å². The van der Waals surface area contributed by atoms with Gasteiger partial charge in [-0.3, -0.25) is 0 Å². The molecule has 0 N–H and O–H groups in total. The summed E-state index contributed by atoms with van der Waals surface area (Å²) in [6.45, 7) is 0. The maximum absolute atomic E-state index is 4.71. The molecule has 0 saturated carbocycles. The van der Waals surface area contributed by atoms with Crippen LogP contribution in [0, 0.1) is 0 Å². The Bertz CT molecular complexity index is 80.9. The molecule has 0 atom stereocenters. The van der Waals surface area contributed by atoms with Crippen LogP contribution in [-0.2, 0) is 0 Å². The molecule has 0 aliphatic heterocycles. The second kappa shape index (κ2) is 4.63. The third kappa shape index (κ3) is 12.3. The summed E-state index contributed by atoms with van der Waals surface area (Å²) in [6.07, 6.45) is 13.4. The minimum Gasteiger partial charge on any atom is -0.578 e. The number of rotatable bonds is 2. The molecular formula is C6H18NNaS2. The van der Waals surface area contributed by atoms with Crippen LogP contribution in [-0.4, -0.2) is 37.5 Å². The Morgan fingerprint density at radius 1 is 0.700 bits per heavy atom. The molecule has 0 saturated heterocycles. The van der Waals surface area contributed by atoms with Crippen molar-refractivity contribution in [3.8, 4) is 0 Å². The van der Waals surface area contributed by atoms with E-state index in [1.54, 1.807) is 0 Å². The molecule has 0 aromatic heterocycles. The van der Waals surface area contributed by atoms with Gasteiger partial charge in [-0.2, -0.15) is 0 Å². The average Bonchev–Trinajstić information content (AvgIpc) is 1.14. The van der Waals surface area contributed by atoms with Crippen molar-refractivity contribution in [1.29, 1.82) is 0 Å². The third-order valence-electron chi connectivity index (χ3n) is 0.447. The maximum atomic E-state index is 4.71. The van der Waals surface area contributed by atoms with E-state index in [9.17, 15) is 0 Å². The zero-order chi connectivity index (χ0) is 7.71. The van der Waals surface area contributed by atoms with Crippen molar-refractivity contribution in [3.63, 3.8) is 0 Å². The van der Waals surface area contributed by atoms with Gasteiger partial charge in [0.15, 0.2) is 0 Å². The second-order valence-corrected chi connectivity index (χ2v) is 11.3. The first-order chi connectivity index (χ1) is 3.71. The molecule has 0 bridgehead atoms. The van der Waals surface area contributed by atoms with Crippen molar-refractivity contribution < 1.29 is 29.6 Å². The van der Waals surface area contributed by atoms with Crippen molar-refractivity contribution in [2.45, 2.75) is 0 Å². The first kappa shape index (κ1) is 14.2. The van der Waals surface area contributed by atoms with Crippen LogP contribution in [0.5, 0.6) is 0 Å². The molecule has 10 heavy (non-hydrogen) atoms. The number of hydrogen-bond acceptors (Lipinski definition) is 0. The molecule has 0 radical (unpaired) electrons. The standard InChI is InChI=1S/C6H18NS2.Na/c1-8(2,3)7-9(4,5)6;/h1-6H3;/q-1;+1. The minimum atomic E-state index is -0.620. The van der Waals surface area contributed by atoms with E-state index in [4.69, 9.17) is 4.13 Å². The number of nitrogens with zero attached hydrogens (tertiary/aromatic N) is 1. The van der Waals surface area contributed by atoms with E-state index in [1.807, 2.05) is 0 Å². The van der Waals surface area contributed by atoms with Crippen LogP contribution in [0.15, 0.2) is 0 Å². The first-order valence-corrected chi connectivity index (χ1v) is 8.44. The Morgan fingerprint density at radius 2 is 0.900 bits per heavy atom. The summed E-state index contributed by atoms with van der Waals surface area (Å²) in [4.78, 5) is 0. The molecule has 0 aromatic rings. The van der Waals surface area contributed by atoms with Crippen molar-refractivity contribution in [2.75, 3.05) is 37.5 Å². The SMILES string of the molecule is CS(C)(C)[N-]S(C)(C)C.[Na+]. The van der Waals surface area contributed by atoms with Crippen LogP contribution >= 0.6 is 20.4 Å². The molecule has 4 heteroatoms. The van der Waals surface area contributed by atoms with Gasteiger partial charge in [0.05, 0.1) is 0 Å². The fourth-order valence-electron chi connectivity index (χ4n) is 0.671. The molecule has 0 aliphatic carbocycles. The van der Waals surface area contributed by atoms with E-state index < -0.39 is 20.4 Å². The summed E-state index contributed by atoms with van der Waals surface area (Å²) < 4.78 is 4.71. The van der Waals surface area contributed by atoms with E-state index in [2.05, 4.69) is 37.5 Å². The van der Waals surface area contributed by atoms with Crippen LogP contribution in [0.1, 0.15) is 0 Å². The maximum Gasteiger partial charge on any atom is 1.00 e. The predicted molar refractivity (Wildman–Crippen MR) is 54.1 cm³/mol. The Balaban J connectivity index is 0. The fourth-order valence-corrected chi connectivity index (χ4v) is 6.04.